The summed E-state index contributed by atoms with van der Waals surface area (Å²) in [6.07, 6.45) is 0. The maximum absolute atomic E-state index is 12.9. The molecule has 0 bridgehead atoms. The van der Waals surface area contributed by atoms with Gasteiger partial charge in [0.15, 0.2) is 11.3 Å². The third kappa shape index (κ3) is 3.20. The summed E-state index contributed by atoms with van der Waals surface area (Å²) in [6, 6.07) is 15.3. The molecule has 0 saturated carbocycles. The highest BCUT2D eigenvalue weighted by molar-refractivity contribution is 5.99. The van der Waals surface area contributed by atoms with E-state index in [1.54, 1.807) is 7.11 Å². The molecule has 1 N–H and O–H groups in total. The molecule has 0 radical (unpaired) electrons. The van der Waals surface area contributed by atoms with Gasteiger partial charge in [0.05, 0.1) is 29.9 Å². The number of methoxy groups -OCH3 is 1. The van der Waals surface area contributed by atoms with E-state index < -0.39 is 0 Å². The zero-order valence-electron chi connectivity index (χ0n) is 16.4. The Hall–Kier alpha value is -3.34. The van der Waals surface area contributed by atoms with Gasteiger partial charge in [-0.1, -0.05) is 23.8 Å². The lowest BCUT2D eigenvalue weighted by Crippen LogP contribution is -2.27. The van der Waals surface area contributed by atoms with Crippen LogP contribution in [0.3, 0.4) is 0 Å². The Morgan fingerprint density at radius 2 is 1.93 bits per heavy atom. The number of hydrogen-bond acceptors (Lipinski definition) is 4. The number of aromatic nitrogens is 1. The molecule has 0 fully saturated rings. The van der Waals surface area contributed by atoms with E-state index in [0.717, 1.165) is 21.9 Å². The standard InChI is InChI=1S/C23H22N2O3/c1-13-8-9-19-17(10-13)11-18(14(2)24-19)23(26)25-15(3)21-12-16-6-5-7-20(27-4)22(16)28-21/h5-12,15H,1-4H3,(H,25,26). The third-order valence-corrected chi connectivity index (χ3v) is 4.93. The van der Waals surface area contributed by atoms with Gasteiger partial charge >= 0.3 is 0 Å². The van der Waals surface area contributed by atoms with Crippen molar-refractivity contribution in [3.05, 3.63) is 71.1 Å². The van der Waals surface area contributed by atoms with Crippen molar-refractivity contribution in [2.45, 2.75) is 26.8 Å². The molecule has 1 unspecified atom stereocenters. The van der Waals surface area contributed by atoms with Gasteiger partial charge in [-0.2, -0.15) is 0 Å². The molecule has 142 valence electrons. The summed E-state index contributed by atoms with van der Waals surface area (Å²) < 4.78 is 11.3. The number of amides is 1. The lowest BCUT2D eigenvalue weighted by molar-refractivity contribution is 0.0935. The average molecular weight is 374 g/mol. The van der Waals surface area contributed by atoms with Gasteiger partial charge in [-0.25, -0.2) is 0 Å². The SMILES string of the molecule is COc1cccc2cc(C(C)NC(=O)c3cc4cc(C)ccc4nc3C)oc12. The van der Waals surface area contributed by atoms with Crippen LogP contribution in [-0.2, 0) is 0 Å². The molecule has 5 heteroatoms. The monoisotopic (exact) mass is 374 g/mol. The minimum absolute atomic E-state index is 0.173. The number of nitrogens with one attached hydrogen (secondary N) is 1. The lowest BCUT2D eigenvalue weighted by atomic mass is 10.1. The second-order valence-corrected chi connectivity index (χ2v) is 7.04. The molecule has 0 spiro atoms. The Morgan fingerprint density at radius 1 is 1.11 bits per heavy atom. The summed E-state index contributed by atoms with van der Waals surface area (Å²) >= 11 is 0. The highest BCUT2D eigenvalue weighted by Gasteiger charge is 2.19. The number of pyridine rings is 1. The highest BCUT2D eigenvalue weighted by atomic mass is 16.5. The summed E-state index contributed by atoms with van der Waals surface area (Å²) in [5.74, 6) is 1.18. The van der Waals surface area contributed by atoms with Gasteiger partial charge in [0.1, 0.15) is 5.76 Å². The van der Waals surface area contributed by atoms with E-state index in [4.69, 9.17) is 9.15 Å². The van der Waals surface area contributed by atoms with Crippen LogP contribution in [0, 0.1) is 13.8 Å². The van der Waals surface area contributed by atoms with Crippen LogP contribution in [-0.4, -0.2) is 18.0 Å². The van der Waals surface area contributed by atoms with Gasteiger partial charge in [-0.05, 0) is 51.1 Å². The van der Waals surface area contributed by atoms with Gasteiger partial charge < -0.3 is 14.5 Å². The summed E-state index contributed by atoms with van der Waals surface area (Å²) in [7, 11) is 1.61. The van der Waals surface area contributed by atoms with E-state index in [9.17, 15) is 4.79 Å². The first-order chi connectivity index (χ1) is 13.5. The first-order valence-electron chi connectivity index (χ1n) is 9.21. The number of carbonyl (C=O) groups excluding carboxylic acids is 1. The van der Waals surface area contributed by atoms with Gasteiger partial charge in [-0.15, -0.1) is 0 Å². The molecular weight excluding hydrogens is 352 g/mol. The first-order valence-corrected chi connectivity index (χ1v) is 9.21. The lowest BCUT2D eigenvalue weighted by Gasteiger charge is -2.13. The summed E-state index contributed by atoms with van der Waals surface area (Å²) in [5.41, 5.74) is 3.97. The molecule has 0 aliphatic rings. The van der Waals surface area contributed by atoms with E-state index in [-0.39, 0.29) is 11.9 Å². The van der Waals surface area contributed by atoms with Crippen LogP contribution in [0.1, 0.15) is 40.3 Å². The Kier molecular flexibility index (Phi) is 4.51. The summed E-state index contributed by atoms with van der Waals surface area (Å²) in [4.78, 5) is 17.5. The fourth-order valence-corrected chi connectivity index (χ4v) is 3.40. The van der Waals surface area contributed by atoms with Crippen LogP contribution in [0.4, 0.5) is 0 Å². The number of nitrogens with zero attached hydrogens (tertiary/aromatic N) is 1. The number of hydrogen-bond donors (Lipinski definition) is 1. The molecule has 0 saturated heterocycles. The Balaban J connectivity index is 1.63. The van der Waals surface area contributed by atoms with E-state index in [2.05, 4.69) is 10.3 Å². The summed E-state index contributed by atoms with van der Waals surface area (Å²) in [5, 5.41) is 4.91. The molecule has 0 aliphatic carbocycles. The van der Waals surface area contributed by atoms with Gasteiger partial charge in [-0.3, -0.25) is 9.78 Å². The van der Waals surface area contributed by atoms with Crippen molar-refractivity contribution in [1.82, 2.24) is 10.3 Å². The number of para-hydroxylation sites is 1. The molecule has 2 aromatic carbocycles. The number of rotatable bonds is 4. The fourth-order valence-electron chi connectivity index (χ4n) is 3.40. The van der Waals surface area contributed by atoms with Crippen molar-refractivity contribution < 1.29 is 13.9 Å². The molecular formula is C23H22N2O3. The minimum Gasteiger partial charge on any atom is -0.493 e. The second kappa shape index (κ2) is 7.00. The Morgan fingerprint density at radius 3 is 2.71 bits per heavy atom. The van der Waals surface area contributed by atoms with Crippen molar-refractivity contribution in [1.29, 1.82) is 0 Å². The number of fused-ring (bicyclic) bond motifs is 2. The van der Waals surface area contributed by atoms with Crippen LogP contribution in [0.5, 0.6) is 5.75 Å². The normalized spacial score (nSPS) is 12.3. The van der Waals surface area contributed by atoms with Gasteiger partial charge in [0.25, 0.3) is 5.91 Å². The van der Waals surface area contributed by atoms with Crippen molar-refractivity contribution in [2.24, 2.45) is 0 Å². The topological polar surface area (TPSA) is 64.4 Å². The molecule has 1 amide bonds. The molecule has 5 nitrogen and oxygen atoms in total. The number of furan rings is 1. The van der Waals surface area contributed by atoms with Crippen molar-refractivity contribution in [2.75, 3.05) is 7.11 Å². The molecule has 2 heterocycles. The molecule has 4 aromatic rings. The number of aryl methyl sites for hydroxylation is 2. The quantitative estimate of drug-likeness (QED) is 0.540. The van der Waals surface area contributed by atoms with E-state index >= 15 is 0 Å². The predicted octanol–water partition coefficient (Wildman–Crippen LogP) is 5.10. The van der Waals surface area contributed by atoms with Crippen LogP contribution in [0.15, 0.2) is 52.9 Å². The fraction of sp³-hybridized carbons (Fsp3) is 0.217. The van der Waals surface area contributed by atoms with Crippen LogP contribution >= 0.6 is 0 Å². The van der Waals surface area contributed by atoms with Gasteiger partial charge in [0.2, 0.25) is 0 Å². The third-order valence-electron chi connectivity index (χ3n) is 4.93. The largest absolute Gasteiger partial charge is 0.493 e. The number of benzene rings is 2. The molecule has 4 rings (SSSR count). The van der Waals surface area contributed by atoms with E-state index in [1.165, 1.54) is 0 Å². The first kappa shape index (κ1) is 18.0. The van der Waals surface area contributed by atoms with Crippen LogP contribution in [0.2, 0.25) is 0 Å². The van der Waals surface area contributed by atoms with Crippen molar-refractivity contribution in [3.63, 3.8) is 0 Å². The molecule has 0 aliphatic heterocycles. The minimum atomic E-state index is -0.294. The Labute approximate surface area is 163 Å². The zero-order valence-corrected chi connectivity index (χ0v) is 16.4. The van der Waals surface area contributed by atoms with Crippen molar-refractivity contribution >= 4 is 27.8 Å². The maximum Gasteiger partial charge on any atom is 0.253 e. The maximum atomic E-state index is 12.9. The zero-order chi connectivity index (χ0) is 19.8. The van der Waals surface area contributed by atoms with Crippen LogP contribution in [0.25, 0.3) is 21.9 Å². The average Bonchev–Trinajstić information content (AvgIpc) is 3.12. The van der Waals surface area contributed by atoms with Crippen molar-refractivity contribution in [3.8, 4) is 5.75 Å². The Bertz CT molecular complexity index is 1190. The summed E-state index contributed by atoms with van der Waals surface area (Å²) in [6.45, 7) is 5.78. The molecule has 1 atom stereocenters. The predicted molar refractivity (Wildman–Crippen MR) is 110 cm³/mol. The highest BCUT2D eigenvalue weighted by Crippen LogP contribution is 2.31. The van der Waals surface area contributed by atoms with Gasteiger partial charge in [0, 0.05) is 10.8 Å². The number of ether oxygens (including phenoxy) is 1. The van der Waals surface area contributed by atoms with E-state index in [0.29, 0.717) is 28.4 Å². The van der Waals surface area contributed by atoms with Crippen LogP contribution < -0.4 is 10.1 Å². The molecule has 28 heavy (non-hydrogen) atoms. The number of carbonyl (C=O) groups is 1. The smallest absolute Gasteiger partial charge is 0.253 e. The molecule has 2 aromatic heterocycles. The second-order valence-electron chi connectivity index (χ2n) is 7.04. The van der Waals surface area contributed by atoms with E-state index in [1.807, 2.05) is 69.3 Å².